The number of rotatable bonds is 7. The molecule has 150 valence electrons. The number of nitrogens with zero attached hydrogens (tertiary/aromatic N) is 1. The molecular formula is C21H20FN3O2S2. The highest BCUT2D eigenvalue weighted by atomic mass is 32.2. The van der Waals surface area contributed by atoms with Crippen LogP contribution in [0.15, 0.2) is 47.8 Å². The van der Waals surface area contributed by atoms with Crippen molar-refractivity contribution >= 4 is 45.7 Å². The van der Waals surface area contributed by atoms with Gasteiger partial charge in [-0.15, -0.1) is 23.1 Å². The minimum absolute atomic E-state index is 0.167. The Hall–Kier alpha value is -2.71. The molecule has 29 heavy (non-hydrogen) atoms. The zero-order chi connectivity index (χ0) is 20.8. The Bertz CT molecular complexity index is 1020. The van der Waals surface area contributed by atoms with Gasteiger partial charge in [0.25, 0.3) is 5.91 Å². The number of aromatic nitrogens is 1. The molecule has 1 heterocycles. The Morgan fingerprint density at radius 2 is 1.83 bits per heavy atom. The summed E-state index contributed by atoms with van der Waals surface area (Å²) in [5, 5.41) is 7.91. The minimum Gasteiger partial charge on any atom is -0.325 e. The van der Waals surface area contributed by atoms with Gasteiger partial charge >= 0.3 is 0 Å². The van der Waals surface area contributed by atoms with Gasteiger partial charge in [0.1, 0.15) is 5.82 Å². The van der Waals surface area contributed by atoms with Gasteiger partial charge in [0.2, 0.25) is 5.91 Å². The fourth-order valence-corrected chi connectivity index (χ4v) is 3.99. The van der Waals surface area contributed by atoms with Crippen molar-refractivity contribution in [3.05, 3.63) is 76.0 Å². The standard InChI is InChI=1S/C21H20FN3O2S2/c1-13-3-4-15(9-14(13)2)20(27)25-21-24-18(11-29-21)10-28-12-19(26)23-17-7-5-16(22)6-8-17/h3-9,11H,10,12H2,1-2H3,(H,23,26)(H,24,25,27). The number of benzene rings is 2. The molecule has 0 bridgehead atoms. The number of anilines is 2. The number of amides is 2. The highest BCUT2D eigenvalue weighted by Gasteiger charge is 2.11. The van der Waals surface area contributed by atoms with E-state index in [1.807, 2.05) is 31.4 Å². The lowest BCUT2D eigenvalue weighted by molar-refractivity contribution is -0.113. The van der Waals surface area contributed by atoms with Crippen molar-refractivity contribution in [1.29, 1.82) is 0 Å². The second kappa shape index (κ2) is 9.67. The SMILES string of the molecule is Cc1ccc(C(=O)Nc2nc(CSCC(=O)Nc3ccc(F)cc3)cs2)cc1C. The van der Waals surface area contributed by atoms with E-state index < -0.39 is 0 Å². The molecule has 2 amide bonds. The van der Waals surface area contributed by atoms with Crippen LogP contribution in [0.25, 0.3) is 0 Å². The molecule has 0 spiro atoms. The summed E-state index contributed by atoms with van der Waals surface area (Å²) in [5.74, 6) is 0.0910. The zero-order valence-electron chi connectivity index (χ0n) is 16.0. The third-order valence-electron chi connectivity index (χ3n) is 4.15. The van der Waals surface area contributed by atoms with Gasteiger partial charge in [-0.1, -0.05) is 6.07 Å². The van der Waals surface area contributed by atoms with Crippen molar-refractivity contribution in [3.63, 3.8) is 0 Å². The first-order valence-electron chi connectivity index (χ1n) is 8.87. The van der Waals surface area contributed by atoms with Gasteiger partial charge in [-0.2, -0.15) is 0 Å². The lowest BCUT2D eigenvalue weighted by atomic mass is 10.1. The minimum atomic E-state index is -0.346. The van der Waals surface area contributed by atoms with E-state index in [0.717, 1.165) is 16.8 Å². The fraction of sp³-hybridized carbons (Fsp3) is 0.190. The van der Waals surface area contributed by atoms with Gasteiger partial charge in [-0.3, -0.25) is 14.9 Å². The summed E-state index contributed by atoms with van der Waals surface area (Å²) in [7, 11) is 0. The lowest BCUT2D eigenvalue weighted by Gasteiger charge is -2.05. The molecule has 0 atom stereocenters. The molecule has 0 aliphatic rings. The lowest BCUT2D eigenvalue weighted by Crippen LogP contribution is -2.14. The predicted octanol–water partition coefficient (Wildman–Crippen LogP) is 5.02. The topological polar surface area (TPSA) is 71.1 Å². The predicted molar refractivity (Wildman–Crippen MR) is 117 cm³/mol. The number of hydrogen-bond donors (Lipinski definition) is 2. The van der Waals surface area contributed by atoms with Crippen molar-refractivity contribution in [2.24, 2.45) is 0 Å². The number of nitrogens with one attached hydrogen (secondary N) is 2. The van der Waals surface area contributed by atoms with Crippen molar-refractivity contribution in [3.8, 4) is 0 Å². The molecule has 0 aliphatic carbocycles. The summed E-state index contributed by atoms with van der Waals surface area (Å²) < 4.78 is 12.9. The van der Waals surface area contributed by atoms with Gasteiger partial charge in [0.05, 0.1) is 11.4 Å². The average molecular weight is 430 g/mol. The summed E-state index contributed by atoms with van der Waals surface area (Å²) in [4.78, 5) is 28.7. The van der Waals surface area contributed by atoms with Gasteiger partial charge < -0.3 is 5.32 Å². The molecule has 0 fully saturated rings. The number of carbonyl (C=O) groups excluding carboxylic acids is 2. The van der Waals surface area contributed by atoms with Crippen LogP contribution in [0.5, 0.6) is 0 Å². The van der Waals surface area contributed by atoms with E-state index in [0.29, 0.717) is 22.1 Å². The Morgan fingerprint density at radius 3 is 2.55 bits per heavy atom. The van der Waals surface area contributed by atoms with Gasteiger partial charge in [-0.05, 0) is 61.4 Å². The van der Waals surface area contributed by atoms with Crippen molar-refractivity contribution in [2.75, 3.05) is 16.4 Å². The molecule has 5 nitrogen and oxygen atoms in total. The third-order valence-corrected chi connectivity index (χ3v) is 5.93. The van der Waals surface area contributed by atoms with E-state index in [2.05, 4.69) is 15.6 Å². The van der Waals surface area contributed by atoms with Gasteiger partial charge in [-0.25, -0.2) is 9.37 Å². The van der Waals surface area contributed by atoms with E-state index in [1.165, 1.54) is 47.4 Å². The van der Waals surface area contributed by atoms with Crippen LogP contribution in [0.4, 0.5) is 15.2 Å². The van der Waals surface area contributed by atoms with Crippen molar-refractivity contribution in [2.45, 2.75) is 19.6 Å². The number of aryl methyl sites for hydroxylation is 2. The Balaban J connectivity index is 1.46. The molecule has 2 aromatic carbocycles. The molecule has 0 radical (unpaired) electrons. The largest absolute Gasteiger partial charge is 0.325 e. The summed E-state index contributed by atoms with van der Waals surface area (Å²) in [6.07, 6.45) is 0. The molecule has 3 rings (SSSR count). The van der Waals surface area contributed by atoms with Crippen LogP contribution in [-0.4, -0.2) is 22.6 Å². The average Bonchev–Trinajstić information content (AvgIpc) is 3.13. The van der Waals surface area contributed by atoms with Crippen LogP contribution in [0.3, 0.4) is 0 Å². The zero-order valence-corrected chi connectivity index (χ0v) is 17.6. The van der Waals surface area contributed by atoms with Crippen LogP contribution in [-0.2, 0) is 10.5 Å². The number of carbonyl (C=O) groups is 2. The monoisotopic (exact) mass is 429 g/mol. The second-order valence-corrected chi connectivity index (χ2v) is 8.29. The van der Waals surface area contributed by atoms with E-state index in [9.17, 15) is 14.0 Å². The first-order valence-corrected chi connectivity index (χ1v) is 10.9. The first-order chi connectivity index (χ1) is 13.9. The van der Waals surface area contributed by atoms with Crippen molar-refractivity contribution in [1.82, 2.24) is 4.98 Å². The molecule has 1 aromatic heterocycles. The molecule has 0 saturated heterocycles. The van der Waals surface area contributed by atoms with E-state index >= 15 is 0 Å². The maximum atomic E-state index is 12.9. The summed E-state index contributed by atoms with van der Waals surface area (Å²) in [5.41, 5.74) is 4.15. The molecular weight excluding hydrogens is 409 g/mol. The highest BCUT2D eigenvalue weighted by molar-refractivity contribution is 7.99. The Labute approximate surface area is 176 Å². The Morgan fingerprint density at radius 1 is 1.07 bits per heavy atom. The fourth-order valence-electron chi connectivity index (χ4n) is 2.46. The second-order valence-electron chi connectivity index (χ2n) is 6.45. The molecule has 0 aliphatic heterocycles. The molecule has 8 heteroatoms. The molecule has 3 aromatic rings. The molecule has 0 unspecified atom stereocenters. The number of halogens is 1. The quantitative estimate of drug-likeness (QED) is 0.553. The number of thioether (sulfide) groups is 1. The van der Waals surface area contributed by atoms with Crippen LogP contribution in [0.1, 0.15) is 27.2 Å². The van der Waals surface area contributed by atoms with Crippen LogP contribution in [0.2, 0.25) is 0 Å². The summed E-state index contributed by atoms with van der Waals surface area (Å²) in [6.45, 7) is 3.97. The summed E-state index contributed by atoms with van der Waals surface area (Å²) in [6, 6.07) is 11.2. The smallest absolute Gasteiger partial charge is 0.257 e. The van der Waals surface area contributed by atoms with Gasteiger partial charge in [0, 0.05) is 22.4 Å². The van der Waals surface area contributed by atoms with Crippen LogP contribution >= 0.6 is 23.1 Å². The van der Waals surface area contributed by atoms with E-state index in [1.54, 1.807) is 6.07 Å². The molecule has 0 saturated carbocycles. The number of hydrogen-bond acceptors (Lipinski definition) is 5. The van der Waals surface area contributed by atoms with Crippen molar-refractivity contribution < 1.29 is 14.0 Å². The van der Waals surface area contributed by atoms with Crippen LogP contribution < -0.4 is 10.6 Å². The van der Waals surface area contributed by atoms with Gasteiger partial charge in [0.15, 0.2) is 5.13 Å². The molecule has 2 N–H and O–H groups in total. The number of thiazole rings is 1. The highest BCUT2D eigenvalue weighted by Crippen LogP contribution is 2.21. The first kappa shape index (κ1) is 21.0. The van der Waals surface area contributed by atoms with E-state index in [-0.39, 0.29) is 23.4 Å². The van der Waals surface area contributed by atoms with E-state index in [4.69, 9.17) is 0 Å². The normalized spacial score (nSPS) is 10.6. The third kappa shape index (κ3) is 6.13. The van der Waals surface area contributed by atoms with Crippen LogP contribution in [0, 0.1) is 19.7 Å². The summed E-state index contributed by atoms with van der Waals surface area (Å²) >= 11 is 2.76. The maximum Gasteiger partial charge on any atom is 0.257 e. The maximum absolute atomic E-state index is 12.9. The Kier molecular flexibility index (Phi) is 7.00.